The van der Waals surface area contributed by atoms with Crippen LogP contribution >= 0.6 is 11.6 Å². The maximum atomic E-state index is 11.1. The molecule has 0 atom stereocenters. The molecule has 1 aromatic rings. The average molecular weight is 229 g/mol. The topological polar surface area (TPSA) is 46.5 Å². The van der Waals surface area contributed by atoms with Gasteiger partial charge in [-0.3, -0.25) is 4.79 Å². The van der Waals surface area contributed by atoms with Crippen molar-refractivity contribution in [2.75, 3.05) is 7.11 Å². The molecule has 0 aromatic heterocycles. The lowest BCUT2D eigenvalue weighted by molar-refractivity contribution is -0.142. The first-order valence-electron chi connectivity index (χ1n) is 4.47. The number of methoxy groups -OCH3 is 1. The van der Waals surface area contributed by atoms with Crippen molar-refractivity contribution in [3.63, 3.8) is 0 Å². The van der Waals surface area contributed by atoms with E-state index in [0.717, 1.165) is 0 Å². The Morgan fingerprint density at radius 2 is 2.07 bits per heavy atom. The van der Waals surface area contributed by atoms with E-state index in [1.807, 2.05) is 0 Å². The van der Waals surface area contributed by atoms with E-state index in [-0.39, 0.29) is 0 Å². The maximum absolute atomic E-state index is 11.1. The van der Waals surface area contributed by atoms with Gasteiger partial charge in [0.2, 0.25) is 0 Å². The molecule has 0 bridgehead atoms. The van der Waals surface area contributed by atoms with Gasteiger partial charge in [0.1, 0.15) is 5.75 Å². The van der Waals surface area contributed by atoms with Crippen molar-refractivity contribution in [3.8, 4) is 5.75 Å². The van der Waals surface area contributed by atoms with Crippen LogP contribution in [-0.4, -0.2) is 18.2 Å². The highest BCUT2D eigenvalue weighted by molar-refractivity contribution is 6.32. The molecule has 0 amide bonds. The first kappa shape index (κ1) is 11.9. The molecular formula is C11H13ClO3. The summed E-state index contributed by atoms with van der Waals surface area (Å²) in [5.41, 5.74) is -0.564. The van der Waals surface area contributed by atoms with Gasteiger partial charge in [0, 0.05) is 10.6 Å². The lowest BCUT2D eigenvalue weighted by Crippen LogP contribution is -2.29. The lowest BCUT2D eigenvalue weighted by Gasteiger charge is -2.23. The van der Waals surface area contributed by atoms with Gasteiger partial charge in [-0.05, 0) is 26.0 Å². The lowest BCUT2D eigenvalue weighted by atomic mass is 9.84. The number of hydrogen-bond acceptors (Lipinski definition) is 2. The van der Waals surface area contributed by atoms with Crippen molar-refractivity contribution in [2.45, 2.75) is 19.3 Å². The Balaban J connectivity index is 3.41. The highest BCUT2D eigenvalue weighted by Crippen LogP contribution is 2.37. The van der Waals surface area contributed by atoms with Crippen LogP contribution in [0.15, 0.2) is 18.2 Å². The van der Waals surface area contributed by atoms with Crippen LogP contribution in [0.2, 0.25) is 5.02 Å². The van der Waals surface area contributed by atoms with Crippen LogP contribution in [0.1, 0.15) is 19.4 Å². The van der Waals surface area contributed by atoms with Gasteiger partial charge < -0.3 is 9.84 Å². The second-order valence-corrected chi connectivity index (χ2v) is 4.15. The van der Waals surface area contributed by atoms with Crippen molar-refractivity contribution < 1.29 is 14.6 Å². The average Bonchev–Trinajstić information content (AvgIpc) is 2.16. The summed E-state index contributed by atoms with van der Waals surface area (Å²) in [7, 11) is 1.49. The number of benzene rings is 1. The minimum atomic E-state index is -1.07. The van der Waals surface area contributed by atoms with Crippen LogP contribution in [0.3, 0.4) is 0 Å². The van der Waals surface area contributed by atoms with E-state index in [9.17, 15) is 4.79 Å². The predicted molar refractivity (Wildman–Crippen MR) is 58.7 cm³/mol. The molecule has 0 aliphatic carbocycles. The minimum absolute atomic E-state index is 0.404. The summed E-state index contributed by atoms with van der Waals surface area (Å²) in [6.45, 7) is 3.19. The third-order valence-electron chi connectivity index (χ3n) is 2.35. The summed E-state index contributed by atoms with van der Waals surface area (Å²) in [4.78, 5) is 11.1. The first-order chi connectivity index (χ1) is 6.91. The molecule has 1 N–H and O–H groups in total. The second kappa shape index (κ2) is 4.11. The SMILES string of the molecule is COc1cccc(Cl)c1C(C)(C)C(=O)O. The van der Waals surface area contributed by atoms with Gasteiger partial charge in [-0.25, -0.2) is 0 Å². The van der Waals surface area contributed by atoms with E-state index in [4.69, 9.17) is 21.4 Å². The minimum Gasteiger partial charge on any atom is -0.496 e. The normalized spacial score (nSPS) is 11.2. The fourth-order valence-corrected chi connectivity index (χ4v) is 1.79. The third kappa shape index (κ3) is 2.07. The van der Waals surface area contributed by atoms with Crippen LogP contribution in [0.5, 0.6) is 5.75 Å². The largest absolute Gasteiger partial charge is 0.496 e. The molecule has 0 heterocycles. The highest BCUT2D eigenvalue weighted by atomic mass is 35.5. The fourth-order valence-electron chi connectivity index (χ4n) is 1.39. The van der Waals surface area contributed by atoms with Gasteiger partial charge in [0.25, 0.3) is 0 Å². The second-order valence-electron chi connectivity index (χ2n) is 3.75. The summed E-state index contributed by atoms with van der Waals surface area (Å²) >= 11 is 5.99. The number of carbonyl (C=O) groups is 1. The van der Waals surface area contributed by atoms with E-state index in [1.165, 1.54) is 7.11 Å². The highest BCUT2D eigenvalue weighted by Gasteiger charge is 2.34. The summed E-state index contributed by atoms with van der Waals surface area (Å²) in [6.07, 6.45) is 0. The van der Waals surface area contributed by atoms with E-state index >= 15 is 0 Å². The van der Waals surface area contributed by atoms with Crippen LogP contribution < -0.4 is 4.74 Å². The molecule has 1 rings (SSSR count). The van der Waals surface area contributed by atoms with E-state index < -0.39 is 11.4 Å². The molecule has 4 heteroatoms. The summed E-state index contributed by atoms with van der Waals surface area (Å²) in [5.74, 6) is -0.441. The Bertz CT molecular complexity index is 385. The van der Waals surface area contributed by atoms with Gasteiger partial charge in [-0.1, -0.05) is 17.7 Å². The molecule has 0 fully saturated rings. The van der Waals surface area contributed by atoms with Crippen LogP contribution in [-0.2, 0) is 10.2 Å². The summed E-state index contributed by atoms with van der Waals surface area (Å²) in [5, 5.41) is 9.53. The molecule has 0 radical (unpaired) electrons. The number of aliphatic carboxylic acids is 1. The molecule has 1 aromatic carbocycles. The number of hydrogen-bond donors (Lipinski definition) is 1. The van der Waals surface area contributed by atoms with Gasteiger partial charge in [0.15, 0.2) is 0 Å². The van der Waals surface area contributed by atoms with Crippen LogP contribution in [0, 0.1) is 0 Å². The third-order valence-corrected chi connectivity index (χ3v) is 2.67. The monoisotopic (exact) mass is 228 g/mol. The van der Waals surface area contributed by atoms with Crippen molar-refractivity contribution >= 4 is 17.6 Å². The van der Waals surface area contributed by atoms with Crippen molar-refractivity contribution in [3.05, 3.63) is 28.8 Å². The van der Waals surface area contributed by atoms with Gasteiger partial charge in [-0.2, -0.15) is 0 Å². The molecule has 0 saturated carbocycles. The fraction of sp³-hybridized carbons (Fsp3) is 0.364. The maximum Gasteiger partial charge on any atom is 0.313 e. The molecule has 0 spiro atoms. The van der Waals surface area contributed by atoms with Crippen molar-refractivity contribution in [1.82, 2.24) is 0 Å². The number of carboxylic acids is 1. The zero-order valence-corrected chi connectivity index (χ0v) is 9.63. The smallest absolute Gasteiger partial charge is 0.313 e. The number of halogens is 1. The van der Waals surface area contributed by atoms with Crippen LogP contribution in [0.25, 0.3) is 0 Å². The summed E-state index contributed by atoms with van der Waals surface area (Å²) < 4.78 is 5.11. The predicted octanol–water partition coefficient (Wildman–Crippen LogP) is 2.71. The van der Waals surface area contributed by atoms with Crippen molar-refractivity contribution in [1.29, 1.82) is 0 Å². The zero-order chi connectivity index (χ0) is 11.6. The Labute approximate surface area is 93.6 Å². The zero-order valence-electron chi connectivity index (χ0n) is 8.87. The molecule has 15 heavy (non-hydrogen) atoms. The molecule has 3 nitrogen and oxygen atoms in total. The van der Waals surface area contributed by atoms with E-state index in [1.54, 1.807) is 32.0 Å². The number of ether oxygens (including phenoxy) is 1. The number of carboxylic acid groups (broad SMARTS) is 1. The Morgan fingerprint density at radius 3 is 2.53 bits per heavy atom. The Kier molecular flexibility index (Phi) is 3.25. The van der Waals surface area contributed by atoms with Gasteiger partial charge >= 0.3 is 5.97 Å². The van der Waals surface area contributed by atoms with E-state index in [0.29, 0.717) is 16.3 Å². The molecule has 0 aliphatic rings. The van der Waals surface area contributed by atoms with Gasteiger partial charge in [0.05, 0.1) is 12.5 Å². The van der Waals surface area contributed by atoms with Crippen LogP contribution in [0.4, 0.5) is 0 Å². The number of rotatable bonds is 3. The van der Waals surface area contributed by atoms with E-state index in [2.05, 4.69) is 0 Å². The van der Waals surface area contributed by atoms with Gasteiger partial charge in [-0.15, -0.1) is 0 Å². The molecule has 0 saturated heterocycles. The quantitative estimate of drug-likeness (QED) is 0.865. The Hall–Kier alpha value is -1.22. The standard InChI is InChI=1S/C11H13ClO3/c1-11(2,10(13)14)9-7(12)5-4-6-8(9)15-3/h4-6H,1-3H3,(H,13,14). The molecule has 0 unspecified atom stereocenters. The summed E-state index contributed by atoms with van der Waals surface area (Å²) in [6, 6.07) is 5.08. The molecule has 82 valence electrons. The first-order valence-corrected chi connectivity index (χ1v) is 4.85. The Morgan fingerprint density at radius 1 is 1.47 bits per heavy atom. The van der Waals surface area contributed by atoms with Crippen molar-refractivity contribution in [2.24, 2.45) is 0 Å². The molecular weight excluding hydrogens is 216 g/mol. The molecule has 0 aliphatic heterocycles.